The lowest BCUT2D eigenvalue weighted by atomic mass is 10.3. The molecule has 1 unspecified atom stereocenters. The molecule has 1 aliphatic heterocycles. The molecular weight excluding hydrogens is 222 g/mol. The van der Waals surface area contributed by atoms with Crippen molar-refractivity contribution in [2.24, 2.45) is 0 Å². The molecule has 17 heavy (non-hydrogen) atoms. The first-order valence-electron chi connectivity index (χ1n) is 5.81. The van der Waals surface area contributed by atoms with Gasteiger partial charge in [0.15, 0.2) is 0 Å². The quantitative estimate of drug-likeness (QED) is 0.752. The average Bonchev–Trinajstić information content (AvgIpc) is 2.79. The third kappa shape index (κ3) is 3.04. The molecule has 1 atom stereocenters. The first kappa shape index (κ1) is 12.1. The molecule has 94 valence electrons. The maximum Gasteiger partial charge on any atom is 0.356 e. The molecule has 1 saturated heterocycles. The monoisotopic (exact) mass is 239 g/mol. The van der Waals surface area contributed by atoms with Gasteiger partial charge in [-0.15, -0.1) is 0 Å². The Balaban J connectivity index is 2.00. The molecule has 0 aromatic carbocycles. The summed E-state index contributed by atoms with van der Waals surface area (Å²) in [6, 6.07) is 0. The summed E-state index contributed by atoms with van der Waals surface area (Å²) in [5.41, 5.74) is 0.473. The lowest BCUT2D eigenvalue weighted by molar-refractivity contribution is 0.0170. The van der Waals surface area contributed by atoms with Crippen molar-refractivity contribution < 1.29 is 14.3 Å². The summed E-state index contributed by atoms with van der Waals surface area (Å²) in [7, 11) is 0. The minimum Gasteiger partial charge on any atom is -0.461 e. The number of hydrogen-bond acceptors (Lipinski definition) is 5. The highest BCUT2D eigenvalue weighted by Crippen LogP contribution is 2.06. The van der Waals surface area contributed by atoms with Crippen molar-refractivity contribution in [1.29, 1.82) is 0 Å². The highest BCUT2D eigenvalue weighted by atomic mass is 16.5. The van der Waals surface area contributed by atoms with Crippen LogP contribution in [0.4, 0.5) is 0 Å². The van der Waals surface area contributed by atoms with Crippen LogP contribution in [0.1, 0.15) is 17.4 Å². The van der Waals surface area contributed by atoms with E-state index < -0.39 is 0 Å². The van der Waals surface area contributed by atoms with Crippen LogP contribution in [0.25, 0.3) is 0 Å². The fourth-order valence-corrected chi connectivity index (χ4v) is 1.80. The second kappa shape index (κ2) is 5.79. The van der Waals surface area contributed by atoms with Crippen LogP contribution in [0.5, 0.6) is 0 Å². The topological polar surface area (TPSA) is 65.4 Å². The zero-order valence-electron chi connectivity index (χ0n) is 9.89. The predicted octanol–water partition coefficient (Wildman–Crippen LogP) is 0.0482. The number of carbonyl (C=O) groups excluding carboxylic acids is 1. The average molecular weight is 239 g/mol. The Morgan fingerprint density at radius 1 is 1.76 bits per heavy atom. The smallest absolute Gasteiger partial charge is 0.356 e. The molecule has 0 amide bonds. The van der Waals surface area contributed by atoms with Gasteiger partial charge >= 0.3 is 5.97 Å². The van der Waals surface area contributed by atoms with E-state index in [1.807, 2.05) is 0 Å². The minimum atomic E-state index is -0.339. The molecule has 1 aromatic rings. The van der Waals surface area contributed by atoms with E-state index in [-0.39, 0.29) is 12.1 Å². The number of imidazole rings is 1. The summed E-state index contributed by atoms with van der Waals surface area (Å²) in [5, 5.41) is 3.25. The van der Waals surface area contributed by atoms with E-state index in [0.29, 0.717) is 25.5 Å². The summed E-state index contributed by atoms with van der Waals surface area (Å²) in [5.74, 6) is -0.339. The number of hydrogen-bond donors (Lipinski definition) is 1. The molecule has 0 saturated carbocycles. The molecule has 1 aromatic heterocycles. The van der Waals surface area contributed by atoms with Crippen LogP contribution in [0.2, 0.25) is 0 Å². The van der Waals surface area contributed by atoms with E-state index in [4.69, 9.17) is 9.47 Å². The predicted molar refractivity (Wildman–Crippen MR) is 60.8 cm³/mol. The molecule has 1 N–H and O–H groups in total. The van der Waals surface area contributed by atoms with E-state index in [1.54, 1.807) is 17.8 Å². The van der Waals surface area contributed by atoms with Gasteiger partial charge in [-0.2, -0.15) is 0 Å². The van der Waals surface area contributed by atoms with Gasteiger partial charge in [-0.25, -0.2) is 9.78 Å². The summed E-state index contributed by atoms with van der Waals surface area (Å²) in [6.45, 7) is 5.14. The van der Waals surface area contributed by atoms with Gasteiger partial charge < -0.3 is 19.4 Å². The first-order valence-corrected chi connectivity index (χ1v) is 5.81. The zero-order valence-corrected chi connectivity index (χ0v) is 9.89. The summed E-state index contributed by atoms with van der Waals surface area (Å²) in [4.78, 5) is 15.6. The molecule has 0 radical (unpaired) electrons. The largest absolute Gasteiger partial charge is 0.461 e. The molecule has 0 bridgehead atoms. The normalized spacial score (nSPS) is 20.2. The molecule has 1 aliphatic rings. The van der Waals surface area contributed by atoms with Gasteiger partial charge in [-0.05, 0) is 6.92 Å². The number of nitrogens with zero attached hydrogens (tertiary/aromatic N) is 2. The lowest BCUT2D eigenvalue weighted by Gasteiger charge is -2.24. The Morgan fingerprint density at radius 3 is 3.35 bits per heavy atom. The van der Waals surface area contributed by atoms with Gasteiger partial charge in [-0.3, -0.25) is 0 Å². The number of morpholine rings is 1. The first-order chi connectivity index (χ1) is 8.31. The van der Waals surface area contributed by atoms with Gasteiger partial charge in [-0.1, -0.05) is 0 Å². The Bertz CT molecular complexity index is 372. The fraction of sp³-hybridized carbons (Fsp3) is 0.636. The Hall–Kier alpha value is -1.40. The van der Waals surface area contributed by atoms with Gasteiger partial charge in [0, 0.05) is 13.1 Å². The van der Waals surface area contributed by atoms with E-state index in [9.17, 15) is 4.79 Å². The van der Waals surface area contributed by atoms with E-state index >= 15 is 0 Å². The highest BCUT2D eigenvalue weighted by molar-refractivity contribution is 5.87. The van der Waals surface area contributed by atoms with Crippen LogP contribution in [0.3, 0.4) is 0 Å². The van der Waals surface area contributed by atoms with Gasteiger partial charge in [0.25, 0.3) is 0 Å². The number of ether oxygens (including phenoxy) is 2. The van der Waals surface area contributed by atoms with Gasteiger partial charge in [0.2, 0.25) is 0 Å². The number of nitrogens with one attached hydrogen (secondary N) is 1. The second-order valence-corrected chi connectivity index (χ2v) is 3.85. The third-order valence-electron chi connectivity index (χ3n) is 2.60. The molecule has 1 fully saturated rings. The number of rotatable bonds is 4. The summed E-state index contributed by atoms with van der Waals surface area (Å²) in [6.07, 6.45) is 3.23. The van der Waals surface area contributed by atoms with E-state index in [0.717, 1.165) is 13.1 Å². The van der Waals surface area contributed by atoms with Gasteiger partial charge in [0.05, 0.1) is 38.4 Å². The maximum atomic E-state index is 11.6. The Labute approximate surface area is 99.9 Å². The molecular formula is C11H17N3O3. The van der Waals surface area contributed by atoms with Crippen molar-refractivity contribution >= 4 is 5.97 Å². The third-order valence-corrected chi connectivity index (χ3v) is 2.60. The van der Waals surface area contributed by atoms with Crippen LogP contribution in [-0.4, -0.2) is 47.9 Å². The van der Waals surface area contributed by atoms with Crippen molar-refractivity contribution in [1.82, 2.24) is 14.9 Å². The Kier molecular flexibility index (Phi) is 4.11. The molecule has 2 heterocycles. The fourth-order valence-electron chi connectivity index (χ4n) is 1.80. The molecule has 0 aliphatic carbocycles. The van der Waals surface area contributed by atoms with Crippen molar-refractivity contribution in [2.45, 2.75) is 19.6 Å². The van der Waals surface area contributed by atoms with Crippen LogP contribution in [0.15, 0.2) is 12.5 Å². The van der Waals surface area contributed by atoms with E-state index in [1.165, 1.54) is 6.20 Å². The van der Waals surface area contributed by atoms with Gasteiger partial charge in [0.1, 0.15) is 5.69 Å². The Morgan fingerprint density at radius 2 is 2.65 bits per heavy atom. The molecule has 2 rings (SSSR count). The second-order valence-electron chi connectivity index (χ2n) is 3.85. The number of aromatic nitrogens is 2. The lowest BCUT2D eigenvalue weighted by Crippen LogP contribution is -2.41. The van der Waals surface area contributed by atoms with Crippen molar-refractivity contribution in [2.75, 3.05) is 26.3 Å². The molecule has 0 spiro atoms. The van der Waals surface area contributed by atoms with E-state index in [2.05, 4.69) is 10.3 Å². The number of esters is 1. The molecule has 6 heteroatoms. The minimum absolute atomic E-state index is 0.0751. The maximum absolute atomic E-state index is 11.6. The number of carbonyl (C=O) groups is 1. The van der Waals surface area contributed by atoms with Crippen LogP contribution in [0, 0.1) is 0 Å². The SMILES string of the molecule is CCOC(=O)c1cncn1CC1CNCCO1. The van der Waals surface area contributed by atoms with Crippen LogP contribution in [-0.2, 0) is 16.0 Å². The highest BCUT2D eigenvalue weighted by Gasteiger charge is 2.18. The summed E-state index contributed by atoms with van der Waals surface area (Å²) >= 11 is 0. The summed E-state index contributed by atoms with van der Waals surface area (Å²) < 4.78 is 12.3. The van der Waals surface area contributed by atoms with Crippen molar-refractivity contribution in [3.05, 3.63) is 18.2 Å². The zero-order chi connectivity index (χ0) is 12.1. The van der Waals surface area contributed by atoms with Crippen molar-refractivity contribution in [3.63, 3.8) is 0 Å². The van der Waals surface area contributed by atoms with Crippen LogP contribution >= 0.6 is 0 Å². The molecule has 6 nitrogen and oxygen atoms in total. The van der Waals surface area contributed by atoms with Crippen molar-refractivity contribution in [3.8, 4) is 0 Å². The van der Waals surface area contributed by atoms with Crippen LogP contribution < -0.4 is 5.32 Å². The standard InChI is InChI=1S/C11H17N3O3/c1-2-16-11(15)10-6-13-8-14(10)7-9-5-12-3-4-17-9/h6,8-9,12H,2-5,7H2,1H3.